The van der Waals surface area contributed by atoms with Crippen LogP contribution in [0.2, 0.25) is 0 Å². The Balaban J connectivity index is 2.05. The van der Waals surface area contributed by atoms with E-state index in [2.05, 4.69) is 11.3 Å². The summed E-state index contributed by atoms with van der Waals surface area (Å²) in [5.41, 5.74) is 1.20. The van der Waals surface area contributed by atoms with Crippen molar-refractivity contribution in [3.05, 3.63) is 48.6 Å². The third kappa shape index (κ3) is 7.03. The molecule has 0 spiro atoms. The summed E-state index contributed by atoms with van der Waals surface area (Å²) in [6.45, 7) is 3.41. The highest BCUT2D eigenvalue weighted by molar-refractivity contribution is 5.81. The number of hydrogen-bond donors (Lipinski definition) is 0. The predicted octanol–water partition coefficient (Wildman–Crippen LogP) is 2.28. The van der Waals surface area contributed by atoms with Crippen molar-refractivity contribution < 1.29 is 19.1 Å². The average Bonchev–Trinajstić information content (AvgIpc) is 2.44. The maximum absolute atomic E-state index is 11.4. The zero-order valence-corrected chi connectivity index (χ0v) is 10.8. The molecule has 0 saturated carbocycles. The lowest BCUT2D eigenvalue weighted by atomic mass is 10.1. The first-order chi connectivity index (χ1) is 9.22. The fraction of sp³-hybridized carbons (Fsp3) is 0.333. The maximum atomic E-state index is 11.4. The van der Waals surface area contributed by atoms with E-state index < -0.39 is 5.97 Å². The summed E-state index contributed by atoms with van der Waals surface area (Å²) in [4.78, 5) is 22.1. The zero-order chi connectivity index (χ0) is 13.9. The first-order valence-electron chi connectivity index (χ1n) is 6.21. The van der Waals surface area contributed by atoms with Crippen molar-refractivity contribution in [1.29, 1.82) is 0 Å². The summed E-state index contributed by atoms with van der Waals surface area (Å²) >= 11 is 0. The van der Waals surface area contributed by atoms with Crippen molar-refractivity contribution in [2.75, 3.05) is 13.2 Å². The molecule has 1 rings (SSSR count). The van der Waals surface area contributed by atoms with E-state index in [0.717, 1.165) is 18.9 Å². The molecule has 0 aliphatic rings. The summed E-state index contributed by atoms with van der Waals surface area (Å²) in [6, 6.07) is 9.96. The number of hydrogen-bond acceptors (Lipinski definition) is 4. The molecular formula is C15H18O4. The molecule has 102 valence electrons. The van der Waals surface area contributed by atoms with Crippen LogP contribution in [0, 0.1) is 0 Å². The third-order valence-electron chi connectivity index (χ3n) is 2.45. The molecule has 0 aliphatic heterocycles. The van der Waals surface area contributed by atoms with Gasteiger partial charge in [0, 0.05) is 12.5 Å². The molecule has 0 aliphatic carbocycles. The lowest BCUT2D eigenvalue weighted by molar-refractivity contribution is -0.149. The Hall–Kier alpha value is -2.10. The van der Waals surface area contributed by atoms with Crippen molar-refractivity contribution >= 4 is 11.9 Å². The van der Waals surface area contributed by atoms with Crippen LogP contribution in [-0.2, 0) is 25.5 Å². The molecular weight excluding hydrogens is 244 g/mol. The molecule has 0 fully saturated rings. The quantitative estimate of drug-likeness (QED) is 0.410. The monoisotopic (exact) mass is 262 g/mol. The van der Waals surface area contributed by atoms with Gasteiger partial charge in [-0.3, -0.25) is 4.79 Å². The lowest BCUT2D eigenvalue weighted by Crippen LogP contribution is -2.12. The number of aryl methyl sites for hydroxylation is 1. The lowest BCUT2D eigenvalue weighted by Gasteiger charge is -2.05. The fourth-order valence-electron chi connectivity index (χ4n) is 1.51. The molecule has 0 N–H and O–H groups in total. The number of carbonyl (C=O) groups is 2. The van der Waals surface area contributed by atoms with E-state index in [9.17, 15) is 9.59 Å². The Morgan fingerprint density at radius 3 is 2.47 bits per heavy atom. The minimum absolute atomic E-state index is 0.0648. The van der Waals surface area contributed by atoms with E-state index in [0.29, 0.717) is 6.42 Å². The van der Waals surface area contributed by atoms with Crippen LogP contribution in [0.25, 0.3) is 0 Å². The number of rotatable bonds is 8. The van der Waals surface area contributed by atoms with Crippen LogP contribution in [0.1, 0.15) is 18.4 Å². The molecule has 0 heterocycles. The van der Waals surface area contributed by atoms with E-state index in [4.69, 9.17) is 4.74 Å². The standard InChI is InChI=1S/C15H18O4/c1-2-14(16)18-11-12-19-15(17)10-6-9-13-7-4-3-5-8-13/h2-5,7-8H,1,6,9-12H2. The van der Waals surface area contributed by atoms with Gasteiger partial charge in [0.2, 0.25) is 0 Å². The van der Waals surface area contributed by atoms with Crippen molar-refractivity contribution in [2.45, 2.75) is 19.3 Å². The Labute approximate surface area is 113 Å². The summed E-state index contributed by atoms with van der Waals surface area (Å²) < 4.78 is 9.61. The van der Waals surface area contributed by atoms with Gasteiger partial charge in [-0.2, -0.15) is 0 Å². The van der Waals surface area contributed by atoms with E-state index in [1.54, 1.807) is 0 Å². The van der Waals surface area contributed by atoms with Crippen LogP contribution in [0.15, 0.2) is 43.0 Å². The van der Waals surface area contributed by atoms with Crippen molar-refractivity contribution in [3.8, 4) is 0 Å². The van der Waals surface area contributed by atoms with E-state index in [1.807, 2.05) is 30.3 Å². The van der Waals surface area contributed by atoms with E-state index in [-0.39, 0.29) is 19.2 Å². The SMILES string of the molecule is C=CC(=O)OCCOC(=O)CCCc1ccccc1. The Bertz CT molecular complexity index is 411. The molecule has 0 amide bonds. The van der Waals surface area contributed by atoms with Crippen LogP contribution in [0.4, 0.5) is 0 Å². The number of carbonyl (C=O) groups excluding carboxylic acids is 2. The van der Waals surface area contributed by atoms with Crippen LogP contribution in [0.3, 0.4) is 0 Å². The van der Waals surface area contributed by atoms with E-state index in [1.165, 1.54) is 5.56 Å². The van der Waals surface area contributed by atoms with Gasteiger partial charge in [0.1, 0.15) is 13.2 Å². The Morgan fingerprint density at radius 1 is 1.11 bits per heavy atom. The first-order valence-corrected chi connectivity index (χ1v) is 6.21. The van der Waals surface area contributed by atoms with Gasteiger partial charge >= 0.3 is 11.9 Å². The van der Waals surface area contributed by atoms with Gasteiger partial charge in [0.05, 0.1) is 0 Å². The van der Waals surface area contributed by atoms with Gasteiger partial charge in [0.15, 0.2) is 0 Å². The Kier molecular flexibility index (Phi) is 7.02. The highest BCUT2D eigenvalue weighted by atomic mass is 16.6. The molecule has 0 bridgehead atoms. The van der Waals surface area contributed by atoms with Gasteiger partial charge < -0.3 is 9.47 Å². The minimum Gasteiger partial charge on any atom is -0.462 e. The molecule has 1 aromatic rings. The molecule has 1 aromatic carbocycles. The number of esters is 2. The molecule has 0 aromatic heterocycles. The predicted molar refractivity (Wildman–Crippen MR) is 71.5 cm³/mol. The van der Waals surface area contributed by atoms with Gasteiger partial charge in [-0.05, 0) is 18.4 Å². The first kappa shape index (κ1) is 15.0. The highest BCUT2D eigenvalue weighted by Crippen LogP contribution is 2.05. The molecule has 4 nitrogen and oxygen atoms in total. The van der Waals surface area contributed by atoms with Crippen molar-refractivity contribution in [1.82, 2.24) is 0 Å². The minimum atomic E-state index is -0.514. The van der Waals surface area contributed by atoms with Crippen LogP contribution >= 0.6 is 0 Å². The Morgan fingerprint density at radius 2 is 1.79 bits per heavy atom. The third-order valence-corrected chi connectivity index (χ3v) is 2.45. The topological polar surface area (TPSA) is 52.6 Å². The highest BCUT2D eigenvalue weighted by Gasteiger charge is 2.03. The molecule has 19 heavy (non-hydrogen) atoms. The number of benzene rings is 1. The van der Waals surface area contributed by atoms with Crippen molar-refractivity contribution in [3.63, 3.8) is 0 Å². The normalized spacial score (nSPS) is 9.68. The van der Waals surface area contributed by atoms with E-state index >= 15 is 0 Å². The molecule has 4 heteroatoms. The maximum Gasteiger partial charge on any atom is 0.330 e. The molecule has 0 radical (unpaired) electrons. The van der Waals surface area contributed by atoms with Gasteiger partial charge in [-0.15, -0.1) is 0 Å². The second kappa shape index (κ2) is 8.91. The van der Waals surface area contributed by atoms with Crippen molar-refractivity contribution in [2.24, 2.45) is 0 Å². The average molecular weight is 262 g/mol. The number of ether oxygens (including phenoxy) is 2. The molecule has 0 atom stereocenters. The zero-order valence-electron chi connectivity index (χ0n) is 10.8. The van der Waals surface area contributed by atoms with Gasteiger partial charge in [-0.25, -0.2) is 4.79 Å². The smallest absolute Gasteiger partial charge is 0.330 e. The fourth-order valence-corrected chi connectivity index (χ4v) is 1.51. The van der Waals surface area contributed by atoms with Crippen LogP contribution in [-0.4, -0.2) is 25.2 Å². The van der Waals surface area contributed by atoms with Gasteiger partial charge in [-0.1, -0.05) is 36.9 Å². The second-order valence-corrected chi connectivity index (χ2v) is 3.93. The molecule has 0 unspecified atom stereocenters. The summed E-state index contributed by atoms with van der Waals surface area (Å²) in [7, 11) is 0. The van der Waals surface area contributed by atoms with Crippen LogP contribution in [0.5, 0.6) is 0 Å². The van der Waals surface area contributed by atoms with Crippen LogP contribution < -0.4 is 0 Å². The van der Waals surface area contributed by atoms with Gasteiger partial charge in [0.25, 0.3) is 0 Å². The summed E-state index contributed by atoms with van der Waals surface area (Å²) in [6.07, 6.45) is 3.03. The second-order valence-electron chi connectivity index (χ2n) is 3.93. The summed E-state index contributed by atoms with van der Waals surface area (Å²) in [5, 5.41) is 0. The summed E-state index contributed by atoms with van der Waals surface area (Å²) in [5.74, 6) is -0.786. The largest absolute Gasteiger partial charge is 0.462 e. The molecule has 0 saturated heterocycles.